The summed E-state index contributed by atoms with van der Waals surface area (Å²) in [4.78, 5) is 15.0. The van der Waals surface area contributed by atoms with Gasteiger partial charge in [-0.05, 0) is 46.0 Å². The number of aromatic nitrogens is 3. The van der Waals surface area contributed by atoms with E-state index in [0.29, 0.717) is 0 Å². The topological polar surface area (TPSA) is 38.7 Å². The van der Waals surface area contributed by atoms with Crippen LogP contribution in [-0.2, 0) is 0 Å². The summed E-state index contributed by atoms with van der Waals surface area (Å²) in [5, 5.41) is 2.16. The molecule has 0 saturated heterocycles. The fraction of sp³-hybridized carbons (Fsp3) is 0. The molecule has 0 unspecified atom stereocenters. The van der Waals surface area contributed by atoms with Crippen LogP contribution in [0.4, 0.5) is 0 Å². The fourth-order valence-corrected chi connectivity index (χ4v) is 7.09. The van der Waals surface area contributed by atoms with Crippen LogP contribution in [0.5, 0.6) is 0 Å². The maximum atomic E-state index is 5.57. The molecular formula is C47H31N3. The van der Waals surface area contributed by atoms with E-state index in [1.807, 2.05) is 24.5 Å². The van der Waals surface area contributed by atoms with Gasteiger partial charge in [0.25, 0.3) is 0 Å². The molecule has 234 valence electrons. The first-order valence-corrected chi connectivity index (χ1v) is 16.9. The zero-order chi connectivity index (χ0) is 33.3. The highest BCUT2D eigenvalue weighted by Crippen LogP contribution is 2.49. The van der Waals surface area contributed by atoms with Gasteiger partial charge >= 0.3 is 0 Å². The lowest BCUT2D eigenvalue weighted by molar-refractivity contribution is 1.32. The van der Waals surface area contributed by atoms with Gasteiger partial charge in [-0.3, -0.25) is 9.97 Å². The van der Waals surface area contributed by atoms with Gasteiger partial charge in [0, 0.05) is 51.0 Å². The molecule has 50 heavy (non-hydrogen) atoms. The normalized spacial score (nSPS) is 11.2. The van der Waals surface area contributed by atoms with E-state index >= 15 is 0 Å². The molecule has 0 bridgehead atoms. The summed E-state index contributed by atoms with van der Waals surface area (Å²) in [6.07, 6.45) is 3.68. The highest BCUT2D eigenvalue weighted by atomic mass is 14.7. The Bertz CT molecular complexity index is 2500. The van der Waals surface area contributed by atoms with E-state index in [2.05, 4.69) is 169 Å². The molecule has 0 atom stereocenters. The SMILES string of the molecule is c1ccc(-c2nc(-c3ccccc3)c(-c3ccccc3)c(-c3ccc(-c4cc5cccnc5c5ncccc45)cc3)c2-c2ccccc2)cc1. The van der Waals surface area contributed by atoms with Gasteiger partial charge < -0.3 is 0 Å². The third-order valence-electron chi connectivity index (χ3n) is 9.36. The average Bonchev–Trinajstić information content (AvgIpc) is 3.21. The maximum absolute atomic E-state index is 5.57. The Morgan fingerprint density at radius 2 is 0.760 bits per heavy atom. The van der Waals surface area contributed by atoms with Crippen LogP contribution >= 0.6 is 0 Å². The monoisotopic (exact) mass is 637 g/mol. The largest absolute Gasteiger partial charge is 0.254 e. The standard InChI is InChI=1S/C47H31N3/c1-5-15-33(16-6-1)42-41(35-27-25-32(26-28-35)40-31-38-23-13-29-48-46(38)47-39(40)24-14-30-49-47)43(34-17-7-2-8-18-34)45(37-21-11-4-12-22-37)50-44(42)36-19-9-3-10-20-36/h1-31H. The van der Waals surface area contributed by atoms with Crippen molar-refractivity contribution in [2.75, 3.05) is 0 Å². The van der Waals surface area contributed by atoms with E-state index in [1.165, 1.54) is 0 Å². The first-order chi connectivity index (χ1) is 24.8. The molecule has 3 nitrogen and oxygen atoms in total. The molecule has 6 aromatic carbocycles. The van der Waals surface area contributed by atoms with Gasteiger partial charge in [-0.15, -0.1) is 0 Å². The number of hydrogen-bond donors (Lipinski definition) is 0. The van der Waals surface area contributed by atoms with Crippen LogP contribution in [0.15, 0.2) is 188 Å². The predicted molar refractivity (Wildman–Crippen MR) is 207 cm³/mol. The minimum absolute atomic E-state index is 0.913. The van der Waals surface area contributed by atoms with Gasteiger partial charge in [-0.25, -0.2) is 4.98 Å². The Morgan fingerprint density at radius 1 is 0.320 bits per heavy atom. The van der Waals surface area contributed by atoms with Crippen LogP contribution in [0.2, 0.25) is 0 Å². The van der Waals surface area contributed by atoms with Crippen molar-refractivity contribution in [2.45, 2.75) is 0 Å². The van der Waals surface area contributed by atoms with Crippen LogP contribution in [-0.4, -0.2) is 15.0 Å². The molecule has 9 aromatic rings. The number of nitrogens with zero attached hydrogens (tertiary/aromatic N) is 3. The summed E-state index contributed by atoms with van der Waals surface area (Å²) in [6.45, 7) is 0. The first kappa shape index (κ1) is 29.4. The van der Waals surface area contributed by atoms with E-state index in [9.17, 15) is 0 Å². The molecule has 0 spiro atoms. The first-order valence-electron chi connectivity index (χ1n) is 16.9. The molecule has 3 aromatic heterocycles. The Balaban J connectivity index is 1.36. The molecule has 0 radical (unpaired) electrons. The highest BCUT2D eigenvalue weighted by molar-refractivity contribution is 6.10. The van der Waals surface area contributed by atoms with Crippen molar-refractivity contribution in [1.29, 1.82) is 0 Å². The van der Waals surface area contributed by atoms with E-state index in [0.717, 1.165) is 88.8 Å². The quantitative estimate of drug-likeness (QED) is 0.170. The molecule has 0 aliphatic heterocycles. The molecule has 3 heterocycles. The van der Waals surface area contributed by atoms with E-state index in [1.54, 1.807) is 0 Å². The van der Waals surface area contributed by atoms with Crippen molar-refractivity contribution in [1.82, 2.24) is 15.0 Å². The lowest BCUT2D eigenvalue weighted by Gasteiger charge is -2.23. The lowest BCUT2D eigenvalue weighted by Crippen LogP contribution is -2.01. The lowest BCUT2D eigenvalue weighted by atomic mass is 9.83. The summed E-state index contributed by atoms with van der Waals surface area (Å²) in [6, 6.07) is 62.0. The molecule has 0 aliphatic carbocycles. The summed E-state index contributed by atoms with van der Waals surface area (Å²) < 4.78 is 0. The number of rotatable bonds is 6. The van der Waals surface area contributed by atoms with E-state index in [-0.39, 0.29) is 0 Å². The number of benzene rings is 6. The second kappa shape index (κ2) is 12.7. The molecule has 0 saturated carbocycles. The van der Waals surface area contributed by atoms with Crippen molar-refractivity contribution in [3.8, 4) is 67.0 Å². The van der Waals surface area contributed by atoms with Crippen LogP contribution in [0.25, 0.3) is 88.8 Å². The van der Waals surface area contributed by atoms with Crippen molar-refractivity contribution >= 4 is 21.8 Å². The van der Waals surface area contributed by atoms with Gasteiger partial charge in [-0.1, -0.05) is 158 Å². The third kappa shape index (κ3) is 5.22. The van der Waals surface area contributed by atoms with E-state index < -0.39 is 0 Å². The molecule has 3 heteroatoms. The van der Waals surface area contributed by atoms with Gasteiger partial charge in [-0.2, -0.15) is 0 Å². The number of hydrogen-bond acceptors (Lipinski definition) is 3. The van der Waals surface area contributed by atoms with Crippen LogP contribution in [0.3, 0.4) is 0 Å². The third-order valence-corrected chi connectivity index (χ3v) is 9.36. The predicted octanol–water partition coefficient (Wildman–Crippen LogP) is 12.2. The summed E-state index contributed by atoms with van der Waals surface area (Å²) in [7, 11) is 0. The smallest absolute Gasteiger partial charge is 0.0970 e. The fourth-order valence-electron chi connectivity index (χ4n) is 7.09. The van der Waals surface area contributed by atoms with Crippen LogP contribution in [0.1, 0.15) is 0 Å². The van der Waals surface area contributed by atoms with Crippen LogP contribution < -0.4 is 0 Å². The molecule has 9 rings (SSSR count). The second-order valence-electron chi connectivity index (χ2n) is 12.4. The maximum Gasteiger partial charge on any atom is 0.0970 e. The molecule has 0 amide bonds. The average molecular weight is 638 g/mol. The van der Waals surface area contributed by atoms with Crippen molar-refractivity contribution in [2.24, 2.45) is 0 Å². The van der Waals surface area contributed by atoms with Gasteiger partial charge in [0.15, 0.2) is 0 Å². The zero-order valence-corrected chi connectivity index (χ0v) is 27.2. The Kier molecular flexibility index (Phi) is 7.49. The Hall–Kier alpha value is -6.71. The van der Waals surface area contributed by atoms with Gasteiger partial charge in [0.1, 0.15) is 0 Å². The van der Waals surface area contributed by atoms with Gasteiger partial charge in [0.05, 0.1) is 22.4 Å². The molecule has 0 fully saturated rings. The van der Waals surface area contributed by atoms with Crippen LogP contribution in [0, 0.1) is 0 Å². The Labute approximate surface area is 291 Å². The minimum Gasteiger partial charge on any atom is -0.254 e. The van der Waals surface area contributed by atoms with Crippen molar-refractivity contribution in [3.63, 3.8) is 0 Å². The van der Waals surface area contributed by atoms with Crippen molar-refractivity contribution in [3.05, 3.63) is 188 Å². The van der Waals surface area contributed by atoms with Gasteiger partial charge in [0.2, 0.25) is 0 Å². The summed E-state index contributed by atoms with van der Waals surface area (Å²) in [5.41, 5.74) is 14.9. The number of pyridine rings is 3. The second-order valence-corrected chi connectivity index (χ2v) is 12.4. The summed E-state index contributed by atoms with van der Waals surface area (Å²) >= 11 is 0. The molecular weight excluding hydrogens is 607 g/mol. The molecule has 0 aliphatic rings. The minimum atomic E-state index is 0.913. The zero-order valence-electron chi connectivity index (χ0n) is 27.2. The van der Waals surface area contributed by atoms with Crippen molar-refractivity contribution < 1.29 is 0 Å². The number of fused-ring (bicyclic) bond motifs is 3. The molecule has 0 N–H and O–H groups in total. The Morgan fingerprint density at radius 3 is 1.30 bits per heavy atom. The highest BCUT2D eigenvalue weighted by Gasteiger charge is 2.25. The summed E-state index contributed by atoms with van der Waals surface area (Å²) in [5.74, 6) is 0. The van der Waals surface area contributed by atoms with E-state index in [4.69, 9.17) is 9.97 Å².